The van der Waals surface area contributed by atoms with E-state index in [1.165, 1.54) is 31.4 Å². The molecule has 0 radical (unpaired) electrons. The Morgan fingerprint density at radius 3 is 2.58 bits per heavy atom. The number of alkyl halides is 3. The third-order valence-corrected chi connectivity index (χ3v) is 3.45. The molecular weight excluding hydrogens is 357 g/mol. The lowest BCUT2D eigenvalue weighted by Crippen LogP contribution is -2.11. The lowest BCUT2D eigenvalue weighted by Gasteiger charge is -2.10. The smallest absolute Gasteiger partial charge is 0.417 e. The van der Waals surface area contributed by atoms with Crippen molar-refractivity contribution in [1.82, 2.24) is 0 Å². The second kappa shape index (κ2) is 6.58. The molecule has 0 unspecified atom stereocenters. The van der Waals surface area contributed by atoms with Gasteiger partial charge in [-0.2, -0.15) is 13.2 Å². The van der Waals surface area contributed by atoms with Gasteiger partial charge in [-0.1, -0.05) is 0 Å². The highest BCUT2D eigenvalue weighted by Crippen LogP contribution is 2.34. The topological polar surface area (TPSA) is 78.9 Å². The van der Waals surface area contributed by atoms with Crippen LogP contribution in [0.5, 0.6) is 5.75 Å². The van der Waals surface area contributed by atoms with Crippen LogP contribution in [0.15, 0.2) is 50.0 Å². The molecule has 6 nitrogen and oxygen atoms in total. The van der Waals surface area contributed by atoms with Gasteiger partial charge in [-0.3, -0.25) is 0 Å². The van der Waals surface area contributed by atoms with Crippen molar-refractivity contribution in [3.8, 4) is 5.75 Å². The van der Waals surface area contributed by atoms with Gasteiger partial charge in [0.2, 0.25) is 5.76 Å². The maximum absolute atomic E-state index is 13.0. The van der Waals surface area contributed by atoms with Crippen LogP contribution in [-0.2, 0) is 17.5 Å². The minimum absolute atomic E-state index is 0.00886. The van der Waals surface area contributed by atoms with Crippen molar-refractivity contribution in [1.29, 1.82) is 0 Å². The summed E-state index contributed by atoms with van der Waals surface area (Å²) < 4.78 is 58.9. The molecular formula is C17H11F3O6. The van der Waals surface area contributed by atoms with Crippen molar-refractivity contribution in [3.63, 3.8) is 0 Å². The molecule has 3 rings (SSSR count). The Kier molecular flexibility index (Phi) is 4.45. The Labute approximate surface area is 143 Å². The van der Waals surface area contributed by atoms with Crippen molar-refractivity contribution in [3.05, 3.63) is 63.9 Å². The van der Waals surface area contributed by atoms with Crippen molar-refractivity contribution in [2.75, 3.05) is 7.11 Å². The molecule has 2 heterocycles. The van der Waals surface area contributed by atoms with Gasteiger partial charge in [0.05, 0.1) is 12.7 Å². The second-order valence-electron chi connectivity index (χ2n) is 5.18. The third-order valence-electron chi connectivity index (χ3n) is 3.45. The molecule has 0 atom stereocenters. The fourth-order valence-corrected chi connectivity index (χ4v) is 2.29. The lowest BCUT2D eigenvalue weighted by atomic mass is 10.1. The molecule has 0 saturated carbocycles. The molecule has 0 spiro atoms. The zero-order valence-corrected chi connectivity index (χ0v) is 13.3. The predicted molar refractivity (Wildman–Crippen MR) is 81.9 cm³/mol. The van der Waals surface area contributed by atoms with Gasteiger partial charge in [0.1, 0.15) is 23.7 Å². The molecule has 0 N–H and O–H groups in total. The molecule has 2 aromatic heterocycles. The predicted octanol–water partition coefficient (Wildman–Crippen LogP) is 3.77. The number of rotatable bonds is 4. The number of furan rings is 1. The summed E-state index contributed by atoms with van der Waals surface area (Å²) in [5, 5.41) is -0.254. The van der Waals surface area contributed by atoms with Crippen LogP contribution >= 0.6 is 0 Å². The van der Waals surface area contributed by atoms with Crippen LogP contribution in [0.3, 0.4) is 0 Å². The zero-order chi connectivity index (χ0) is 18.9. The molecule has 0 saturated heterocycles. The van der Waals surface area contributed by atoms with E-state index in [0.717, 1.165) is 6.07 Å². The van der Waals surface area contributed by atoms with E-state index in [0.29, 0.717) is 11.8 Å². The van der Waals surface area contributed by atoms with Crippen LogP contribution in [-0.4, -0.2) is 13.1 Å². The Hall–Kier alpha value is -3.23. The molecule has 1 aromatic carbocycles. The minimum atomic E-state index is -4.69. The number of carbonyl (C=O) groups excluding carboxylic acids is 1. The maximum Gasteiger partial charge on any atom is 0.417 e. The molecule has 26 heavy (non-hydrogen) atoms. The first-order chi connectivity index (χ1) is 12.3. The van der Waals surface area contributed by atoms with Gasteiger partial charge in [0, 0.05) is 17.5 Å². The molecule has 9 heteroatoms. The van der Waals surface area contributed by atoms with Crippen LogP contribution in [0.2, 0.25) is 0 Å². The summed E-state index contributed by atoms with van der Waals surface area (Å²) in [4.78, 5) is 22.7. The molecule has 0 amide bonds. The Morgan fingerprint density at radius 2 is 1.88 bits per heavy atom. The number of carbonyl (C=O) groups is 1. The summed E-state index contributed by atoms with van der Waals surface area (Å²) in [6.45, 7) is -0.0916. The van der Waals surface area contributed by atoms with Gasteiger partial charge in [0.15, 0.2) is 0 Å². The Balaban J connectivity index is 1.84. The molecule has 0 fully saturated rings. The van der Waals surface area contributed by atoms with E-state index < -0.39 is 23.3 Å². The van der Waals surface area contributed by atoms with Gasteiger partial charge in [-0.05, 0) is 24.3 Å². The Morgan fingerprint density at radius 1 is 1.12 bits per heavy atom. The highest BCUT2D eigenvalue weighted by Gasteiger charge is 2.33. The van der Waals surface area contributed by atoms with E-state index in [1.807, 2.05) is 0 Å². The quantitative estimate of drug-likeness (QED) is 0.515. The normalized spacial score (nSPS) is 11.5. The first kappa shape index (κ1) is 17.6. The van der Waals surface area contributed by atoms with Crippen molar-refractivity contribution >= 4 is 16.9 Å². The van der Waals surface area contributed by atoms with Crippen LogP contribution in [0.25, 0.3) is 11.0 Å². The zero-order valence-electron chi connectivity index (χ0n) is 13.3. The Bertz CT molecular complexity index is 1020. The molecule has 0 aliphatic rings. The average Bonchev–Trinajstić information content (AvgIpc) is 3.06. The summed E-state index contributed by atoms with van der Waals surface area (Å²) in [7, 11) is 1.21. The second-order valence-corrected chi connectivity index (χ2v) is 5.18. The molecule has 136 valence electrons. The van der Waals surface area contributed by atoms with Crippen LogP contribution in [0.1, 0.15) is 21.9 Å². The number of benzene rings is 1. The van der Waals surface area contributed by atoms with E-state index in [2.05, 4.69) is 4.74 Å². The molecule has 3 aromatic rings. The van der Waals surface area contributed by atoms with E-state index in [-0.39, 0.29) is 29.1 Å². The van der Waals surface area contributed by atoms with Gasteiger partial charge in [0.25, 0.3) is 0 Å². The van der Waals surface area contributed by atoms with E-state index in [1.54, 1.807) is 0 Å². The van der Waals surface area contributed by atoms with E-state index in [9.17, 15) is 22.8 Å². The third kappa shape index (κ3) is 3.56. The molecule has 0 aliphatic carbocycles. The number of halogens is 3. The summed E-state index contributed by atoms with van der Waals surface area (Å²) in [5.74, 6) is -0.194. The van der Waals surface area contributed by atoms with Gasteiger partial charge in [-0.15, -0.1) is 0 Å². The van der Waals surface area contributed by atoms with E-state index in [4.69, 9.17) is 13.6 Å². The van der Waals surface area contributed by atoms with Crippen molar-refractivity contribution in [2.24, 2.45) is 0 Å². The molecule has 0 aliphatic heterocycles. The van der Waals surface area contributed by atoms with Crippen LogP contribution < -0.4 is 10.4 Å². The molecule has 0 bridgehead atoms. The van der Waals surface area contributed by atoms with E-state index >= 15 is 0 Å². The number of methoxy groups -OCH3 is 1. The largest absolute Gasteiger partial charge is 0.486 e. The highest BCUT2D eigenvalue weighted by molar-refractivity contribution is 5.86. The van der Waals surface area contributed by atoms with Crippen LogP contribution in [0, 0.1) is 0 Å². The van der Waals surface area contributed by atoms with Crippen molar-refractivity contribution in [2.45, 2.75) is 12.8 Å². The minimum Gasteiger partial charge on any atom is -0.486 e. The lowest BCUT2D eigenvalue weighted by molar-refractivity contribution is -0.136. The standard InChI is InChI=1S/C17H11F3O6/c1-23-16(22)13-5-3-10(25-13)8-24-9-2-4-11-12(17(18,19)20)7-15(21)26-14(11)6-9/h2-7H,8H2,1H3. The summed E-state index contributed by atoms with van der Waals surface area (Å²) >= 11 is 0. The number of esters is 1. The monoisotopic (exact) mass is 368 g/mol. The number of fused-ring (bicyclic) bond motifs is 1. The highest BCUT2D eigenvalue weighted by atomic mass is 19.4. The fourth-order valence-electron chi connectivity index (χ4n) is 2.29. The van der Waals surface area contributed by atoms with Crippen molar-refractivity contribution < 1.29 is 36.3 Å². The summed E-state index contributed by atoms with van der Waals surface area (Å²) in [5.41, 5.74) is -2.45. The van der Waals surface area contributed by atoms with Gasteiger partial charge < -0.3 is 18.3 Å². The number of ether oxygens (including phenoxy) is 2. The number of hydrogen-bond acceptors (Lipinski definition) is 6. The summed E-state index contributed by atoms with van der Waals surface area (Å²) in [6, 6.07) is 6.94. The van der Waals surface area contributed by atoms with Gasteiger partial charge in [-0.25, -0.2) is 9.59 Å². The summed E-state index contributed by atoms with van der Waals surface area (Å²) in [6.07, 6.45) is -4.69. The first-order valence-corrected chi connectivity index (χ1v) is 7.23. The first-order valence-electron chi connectivity index (χ1n) is 7.23. The maximum atomic E-state index is 13.0. The van der Waals surface area contributed by atoms with Crippen LogP contribution in [0.4, 0.5) is 13.2 Å². The van der Waals surface area contributed by atoms with Gasteiger partial charge >= 0.3 is 17.8 Å². The average molecular weight is 368 g/mol. The fraction of sp³-hybridized carbons (Fsp3) is 0.176. The SMILES string of the molecule is COC(=O)c1ccc(COc2ccc3c(C(F)(F)F)cc(=O)oc3c2)o1. The number of hydrogen-bond donors (Lipinski definition) is 0.